The topological polar surface area (TPSA) is 61.9 Å². The molecule has 2 rings (SSSR count). The molecule has 0 atom stereocenters. The van der Waals surface area contributed by atoms with Gasteiger partial charge in [-0.05, 0) is 24.3 Å². The molecule has 0 aliphatic carbocycles. The van der Waals surface area contributed by atoms with E-state index in [1.165, 1.54) is 12.2 Å². The fourth-order valence-corrected chi connectivity index (χ4v) is 2.06. The number of hydrogen-bond acceptors (Lipinski definition) is 4. The van der Waals surface area contributed by atoms with Gasteiger partial charge in [-0.3, -0.25) is 9.59 Å². The van der Waals surface area contributed by atoms with Crippen molar-refractivity contribution < 1.29 is 14.3 Å². The van der Waals surface area contributed by atoms with Gasteiger partial charge in [0.05, 0.1) is 13.2 Å². The maximum absolute atomic E-state index is 11.9. The summed E-state index contributed by atoms with van der Waals surface area (Å²) in [5.74, 6) is -0.486. The first kappa shape index (κ1) is 16.0. The predicted octanol–water partition coefficient (Wildman–Crippen LogP) is 1.11. The molecule has 0 bridgehead atoms. The molecule has 0 spiro atoms. The van der Waals surface area contributed by atoms with Gasteiger partial charge in [0.25, 0.3) is 0 Å². The van der Waals surface area contributed by atoms with Crippen molar-refractivity contribution in [2.45, 2.75) is 0 Å². The molecule has 22 heavy (non-hydrogen) atoms. The van der Waals surface area contributed by atoms with Crippen molar-refractivity contribution in [2.24, 2.45) is 0 Å². The number of morpholine rings is 1. The molecular weight excluding hydrogens is 282 g/mol. The van der Waals surface area contributed by atoms with Gasteiger partial charge in [-0.15, -0.1) is 0 Å². The molecule has 118 valence electrons. The summed E-state index contributed by atoms with van der Waals surface area (Å²) in [6.45, 7) is 2.22. The number of nitrogens with one attached hydrogen (secondary N) is 1. The second-order valence-corrected chi connectivity index (χ2v) is 5.20. The Labute approximate surface area is 130 Å². The zero-order valence-corrected chi connectivity index (χ0v) is 12.9. The first-order valence-corrected chi connectivity index (χ1v) is 7.19. The lowest BCUT2D eigenvalue weighted by Gasteiger charge is -2.25. The molecular formula is C16H21N3O3. The van der Waals surface area contributed by atoms with Gasteiger partial charge in [0, 0.05) is 50.7 Å². The van der Waals surface area contributed by atoms with E-state index in [1.807, 2.05) is 43.3 Å². The van der Waals surface area contributed by atoms with Crippen LogP contribution in [0.1, 0.15) is 0 Å². The molecule has 0 unspecified atom stereocenters. The van der Waals surface area contributed by atoms with Crippen LogP contribution in [-0.2, 0) is 14.3 Å². The summed E-state index contributed by atoms with van der Waals surface area (Å²) >= 11 is 0. The van der Waals surface area contributed by atoms with Gasteiger partial charge in [0.15, 0.2) is 0 Å². The second kappa shape index (κ2) is 7.61. The molecule has 1 aliphatic heterocycles. The molecule has 0 radical (unpaired) electrons. The highest BCUT2D eigenvalue weighted by atomic mass is 16.5. The molecule has 1 heterocycles. The lowest BCUT2D eigenvalue weighted by Crippen LogP contribution is -2.39. The SMILES string of the molecule is CN(C)c1ccc(NC(=O)C=CC(=O)N2CCOCC2)cc1. The quantitative estimate of drug-likeness (QED) is 0.846. The summed E-state index contributed by atoms with van der Waals surface area (Å²) in [4.78, 5) is 27.3. The second-order valence-electron chi connectivity index (χ2n) is 5.20. The van der Waals surface area contributed by atoms with Gasteiger partial charge in [-0.25, -0.2) is 0 Å². The van der Waals surface area contributed by atoms with Gasteiger partial charge in [0.1, 0.15) is 0 Å². The van der Waals surface area contributed by atoms with E-state index < -0.39 is 0 Å². The fraction of sp³-hybridized carbons (Fsp3) is 0.375. The molecule has 1 aromatic rings. The van der Waals surface area contributed by atoms with Gasteiger partial charge in [-0.2, -0.15) is 0 Å². The lowest BCUT2D eigenvalue weighted by atomic mass is 10.2. The van der Waals surface area contributed by atoms with Crippen molar-refractivity contribution >= 4 is 23.2 Å². The van der Waals surface area contributed by atoms with Crippen LogP contribution in [0.3, 0.4) is 0 Å². The number of benzene rings is 1. The summed E-state index contributed by atoms with van der Waals surface area (Å²) in [7, 11) is 3.90. The number of hydrogen-bond donors (Lipinski definition) is 1. The normalized spacial score (nSPS) is 14.9. The average Bonchev–Trinajstić information content (AvgIpc) is 2.54. The van der Waals surface area contributed by atoms with Crippen LogP contribution in [0.15, 0.2) is 36.4 Å². The van der Waals surface area contributed by atoms with Crippen LogP contribution in [-0.4, -0.2) is 57.1 Å². The molecule has 0 saturated carbocycles. The summed E-state index contributed by atoms with van der Waals surface area (Å²) in [5, 5.41) is 2.73. The molecule has 1 fully saturated rings. The van der Waals surface area contributed by atoms with Gasteiger partial charge >= 0.3 is 0 Å². The third-order valence-electron chi connectivity index (χ3n) is 3.35. The Balaban J connectivity index is 1.86. The van der Waals surface area contributed by atoms with Crippen molar-refractivity contribution in [1.82, 2.24) is 4.90 Å². The van der Waals surface area contributed by atoms with Gasteiger partial charge in [0.2, 0.25) is 11.8 Å². The van der Waals surface area contributed by atoms with E-state index in [2.05, 4.69) is 5.32 Å². The minimum absolute atomic E-state index is 0.165. The predicted molar refractivity (Wildman–Crippen MR) is 85.9 cm³/mol. The number of rotatable bonds is 4. The van der Waals surface area contributed by atoms with Crippen LogP contribution < -0.4 is 10.2 Å². The summed E-state index contributed by atoms with van der Waals surface area (Å²) in [5.41, 5.74) is 1.75. The van der Waals surface area contributed by atoms with Crippen LogP contribution in [0, 0.1) is 0 Å². The average molecular weight is 303 g/mol. The maximum Gasteiger partial charge on any atom is 0.248 e. The third-order valence-corrected chi connectivity index (χ3v) is 3.35. The fourth-order valence-electron chi connectivity index (χ4n) is 2.06. The number of ether oxygens (including phenoxy) is 1. The summed E-state index contributed by atoms with van der Waals surface area (Å²) < 4.78 is 5.18. The zero-order chi connectivity index (χ0) is 15.9. The Kier molecular flexibility index (Phi) is 5.55. The number of carbonyl (C=O) groups is 2. The zero-order valence-electron chi connectivity index (χ0n) is 12.9. The molecule has 0 aromatic heterocycles. The molecule has 1 N–H and O–H groups in total. The van der Waals surface area contributed by atoms with Crippen molar-refractivity contribution in [3.05, 3.63) is 36.4 Å². The Morgan fingerprint density at radius 2 is 1.77 bits per heavy atom. The monoisotopic (exact) mass is 303 g/mol. The van der Waals surface area contributed by atoms with Gasteiger partial charge < -0.3 is 19.9 Å². The Hall–Kier alpha value is -2.34. The first-order valence-electron chi connectivity index (χ1n) is 7.19. The molecule has 2 amide bonds. The van der Waals surface area contributed by atoms with Gasteiger partial charge in [-0.1, -0.05) is 0 Å². The van der Waals surface area contributed by atoms with E-state index in [0.29, 0.717) is 32.0 Å². The number of carbonyl (C=O) groups excluding carboxylic acids is 2. The van der Waals surface area contributed by atoms with Crippen molar-refractivity contribution in [2.75, 3.05) is 50.6 Å². The van der Waals surface area contributed by atoms with E-state index in [9.17, 15) is 9.59 Å². The molecule has 1 aliphatic rings. The van der Waals surface area contributed by atoms with Crippen molar-refractivity contribution in [1.29, 1.82) is 0 Å². The van der Waals surface area contributed by atoms with Crippen LogP contribution >= 0.6 is 0 Å². The van der Waals surface area contributed by atoms with Crippen LogP contribution in [0.25, 0.3) is 0 Å². The Morgan fingerprint density at radius 3 is 2.36 bits per heavy atom. The van der Waals surface area contributed by atoms with Crippen LogP contribution in [0.4, 0.5) is 11.4 Å². The molecule has 1 aromatic carbocycles. The number of anilines is 2. The summed E-state index contributed by atoms with van der Waals surface area (Å²) in [6.07, 6.45) is 2.56. The van der Waals surface area contributed by atoms with E-state index >= 15 is 0 Å². The third kappa shape index (κ3) is 4.60. The first-order chi connectivity index (χ1) is 10.6. The van der Waals surface area contributed by atoms with E-state index in [4.69, 9.17) is 4.74 Å². The van der Waals surface area contributed by atoms with E-state index in [-0.39, 0.29) is 11.8 Å². The van der Waals surface area contributed by atoms with Crippen molar-refractivity contribution in [3.8, 4) is 0 Å². The van der Waals surface area contributed by atoms with Crippen molar-refractivity contribution in [3.63, 3.8) is 0 Å². The minimum Gasteiger partial charge on any atom is -0.378 e. The van der Waals surface area contributed by atoms with E-state index in [1.54, 1.807) is 4.90 Å². The summed E-state index contributed by atoms with van der Waals surface area (Å²) in [6, 6.07) is 7.48. The van der Waals surface area contributed by atoms with Crippen LogP contribution in [0.2, 0.25) is 0 Å². The number of amides is 2. The highest BCUT2D eigenvalue weighted by molar-refractivity contribution is 6.03. The molecule has 1 saturated heterocycles. The van der Waals surface area contributed by atoms with Crippen LogP contribution in [0.5, 0.6) is 0 Å². The smallest absolute Gasteiger partial charge is 0.248 e. The minimum atomic E-state index is -0.320. The Morgan fingerprint density at radius 1 is 1.14 bits per heavy atom. The maximum atomic E-state index is 11.9. The lowest BCUT2D eigenvalue weighted by molar-refractivity contribution is -0.130. The highest BCUT2D eigenvalue weighted by Crippen LogP contribution is 2.15. The molecule has 6 nitrogen and oxygen atoms in total. The standard InChI is InChI=1S/C16H21N3O3/c1-18(2)14-5-3-13(4-6-14)17-15(20)7-8-16(21)19-9-11-22-12-10-19/h3-8H,9-12H2,1-2H3,(H,17,20). The highest BCUT2D eigenvalue weighted by Gasteiger charge is 2.14. The van der Waals surface area contributed by atoms with E-state index in [0.717, 1.165) is 5.69 Å². The Bertz CT molecular complexity index is 546. The largest absolute Gasteiger partial charge is 0.378 e. The molecule has 6 heteroatoms. The number of nitrogens with zero attached hydrogens (tertiary/aromatic N) is 2.